The average molecular weight is 271 g/mol. The summed E-state index contributed by atoms with van der Waals surface area (Å²) in [4.78, 5) is 36.4. The van der Waals surface area contributed by atoms with E-state index in [1.165, 1.54) is 16.7 Å². The smallest absolute Gasteiger partial charge is 0.242 e. The molecule has 0 aromatic heterocycles. The lowest BCUT2D eigenvalue weighted by molar-refractivity contribution is -0.138. The Labute approximate surface area is 112 Å². The predicted octanol–water partition coefficient (Wildman–Crippen LogP) is 1.87. The van der Waals surface area contributed by atoms with Crippen LogP contribution in [0.4, 0.5) is 0 Å². The largest absolute Gasteiger partial charge is 0.300 e. The normalized spacial score (nSPS) is 21.5. The van der Waals surface area contributed by atoms with E-state index in [4.69, 9.17) is 0 Å². The van der Waals surface area contributed by atoms with E-state index in [0.717, 1.165) is 6.42 Å². The van der Waals surface area contributed by atoms with Crippen molar-refractivity contribution in [1.29, 1.82) is 0 Å². The molecule has 4 nitrogen and oxygen atoms in total. The lowest BCUT2D eigenvalue weighted by Gasteiger charge is -2.14. The second kappa shape index (κ2) is 6.92. The summed E-state index contributed by atoms with van der Waals surface area (Å²) in [6, 6.07) is 0. The Kier molecular flexibility index (Phi) is 5.85. The van der Waals surface area contributed by atoms with Crippen molar-refractivity contribution in [3.63, 3.8) is 0 Å². The van der Waals surface area contributed by atoms with Gasteiger partial charge in [-0.3, -0.25) is 19.3 Å². The topological polar surface area (TPSA) is 54.5 Å². The van der Waals surface area contributed by atoms with Gasteiger partial charge in [-0.15, -0.1) is 0 Å². The lowest BCUT2D eigenvalue weighted by Crippen LogP contribution is -2.33. The first-order chi connectivity index (χ1) is 8.49. The van der Waals surface area contributed by atoms with Gasteiger partial charge in [0.1, 0.15) is 5.78 Å². The third-order valence-electron chi connectivity index (χ3n) is 3.37. The second-order valence-electron chi connectivity index (χ2n) is 4.82. The number of amides is 2. The third-order valence-corrected chi connectivity index (χ3v) is 4.31. The average Bonchev–Trinajstić information content (AvgIpc) is 2.61. The highest BCUT2D eigenvalue weighted by Gasteiger charge is 2.37. The SMILES string of the molecule is CC[C@@H](C)CC(=O)CCN1C(=O)CC(SC)C1=O. The first-order valence-electron chi connectivity index (χ1n) is 6.38. The van der Waals surface area contributed by atoms with Crippen LogP contribution in [0.15, 0.2) is 0 Å². The summed E-state index contributed by atoms with van der Waals surface area (Å²) in [5, 5.41) is -0.248. The van der Waals surface area contributed by atoms with Gasteiger partial charge in [-0.05, 0) is 12.2 Å². The molecule has 18 heavy (non-hydrogen) atoms. The van der Waals surface area contributed by atoms with Gasteiger partial charge in [0, 0.05) is 25.8 Å². The van der Waals surface area contributed by atoms with Crippen molar-refractivity contribution in [3.05, 3.63) is 0 Å². The van der Waals surface area contributed by atoms with Crippen molar-refractivity contribution in [2.24, 2.45) is 5.92 Å². The molecule has 0 aromatic rings. The minimum Gasteiger partial charge on any atom is -0.300 e. The Bertz CT molecular complexity index is 343. The van der Waals surface area contributed by atoms with Gasteiger partial charge in [-0.1, -0.05) is 20.3 Å². The van der Waals surface area contributed by atoms with Crippen LogP contribution in [0.5, 0.6) is 0 Å². The molecule has 1 rings (SSSR count). The molecule has 102 valence electrons. The van der Waals surface area contributed by atoms with Gasteiger partial charge in [-0.25, -0.2) is 0 Å². The van der Waals surface area contributed by atoms with Crippen LogP contribution in [0.2, 0.25) is 0 Å². The van der Waals surface area contributed by atoms with Crippen molar-refractivity contribution >= 4 is 29.4 Å². The zero-order valence-electron chi connectivity index (χ0n) is 11.3. The number of carbonyl (C=O) groups is 3. The van der Waals surface area contributed by atoms with E-state index in [9.17, 15) is 14.4 Å². The Morgan fingerprint density at radius 3 is 2.67 bits per heavy atom. The summed E-state index contributed by atoms with van der Waals surface area (Å²) in [5.41, 5.74) is 0. The summed E-state index contributed by atoms with van der Waals surface area (Å²) in [6.07, 6.45) is 3.91. The molecule has 1 aliphatic rings. The molecule has 1 heterocycles. The van der Waals surface area contributed by atoms with E-state index in [1.54, 1.807) is 0 Å². The molecule has 2 amide bonds. The maximum atomic E-state index is 11.8. The van der Waals surface area contributed by atoms with E-state index in [-0.39, 0.29) is 35.8 Å². The van der Waals surface area contributed by atoms with Gasteiger partial charge in [0.15, 0.2) is 0 Å². The highest BCUT2D eigenvalue weighted by molar-refractivity contribution is 8.00. The number of hydrogen-bond donors (Lipinski definition) is 0. The third kappa shape index (κ3) is 3.83. The molecule has 0 saturated carbocycles. The van der Waals surface area contributed by atoms with Crippen molar-refractivity contribution < 1.29 is 14.4 Å². The van der Waals surface area contributed by atoms with Gasteiger partial charge in [0.25, 0.3) is 0 Å². The van der Waals surface area contributed by atoms with Crippen LogP contribution >= 0.6 is 11.8 Å². The Morgan fingerprint density at radius 2 is 2.17 bits per heavy atom. The fraction of sp³-hybridized carbons (Fsp3) is 0.769. The number of likely N-dealkylation sites (tertiary alicyclic amines) is 1. The molecule has 0 aliphatic carbocycles. The molecule has 0 spiro atoms. The molecule has 2 atom stereocenters. The highest BCUT2D eigenvalue weighted by atomic mass is 32.2. The maximum absolute atomic E-state index is 11.8. The predicted molar refractivity (Wildman–Crippen MR) is 72.3 cm³/mol. The summed E-state index contributed by atoms with van der Waals surface area (Å²) in [6.45, 7) is 4.34. The number of imide groups is 1. The number of nitrogens with zero attached hydrogens (tertiary/aromatic N) is 1. The lowest BCUT2D eigenvalue weighted by atomic mass is 10.0. The van der Waals surface area contributed by atoms with E-state index < -0.39 is 0 Å². The van der Waals surface area contributed by atoms with E-state index in [1.807, 2.05) is 13.2 Å². The van der Waals surface area contributed by atoms with Crippen molar-refractivity contribution in [1.82, 2.24) is 4.90 Å². The fourth-order valence-electron chi connectivity index (χ4n) is 1.94. The number of Topliss-reactive ketones (excluding diaryl/α,β-unsaturated/α-hetero) is 1. The molecule has 1 fully saturated rings. The van der Waals surface area contributed by atoms with Crippen LogP contribution in [0.25, 0.3) is 0 Å². The quantitative estimate of drug-likeness (QED) is 0.663. The minimum absolute atomic E-state index is 0.135. The van der Waals surface area contributed by atoms with Crippen LogP contribution in [0, 0.1) is 5.92 Å². The number of carbonyl (C=O) groups excluding carboxylic acids is 3. The molecular formula is C13H21NO3S. The fourth-order valence-corrected chi connectivity index (χ4v) is 2.58. The van der Waals surface area contributed by atoms with Gasteiger partial charge in [0.05, 0.1) is 5.25 Å². The molecule has 0 bridgehead atoms. The molecule has 1 saturated heterocycles. The van der Waals surface area contributed by atoms with E-state index in [2.05, 4.69) is 6.92 Å². The van der Waals surface area contributed by atoms with Crippen molar-refractivity contribution in [3.8, 4) is 0 Å². The summed E-state index contributed by atoms with van der Waals surface area (Å²) in [5.74, 6) is 0.235. The van der Waals surface area contributed by atoms with Crippen LogP contribution < -0.4 is 0 Å². The van der Waals surface area contributed by atoms with Crippen LogP contribution in [-0.2, 0) is 14.4 Å². The Hall–Kier alpha value is -0.840. The molecule has 0 N–H and O–H groups in total. The summed E-state index contributed by atoms with van der Waals surface area (Å²) in [7, 11) is 0. The Balaban J connectivity index is 2.42. The van der Waals surface area contributed by atoms with Crippen molar-refractivity contribution in [2.75, 3.05) is 12.8 Å². The van der Waals surface area contributed by atoms with Crippen molar-refractivity contribution in [2.45, 2.75) is 44.8 Å². The number of hydrogen-bond acceptors (Lipinski definition) is 4. The van der Waals surface area contributed by atoms with Gasteiger partial charge in [0.2, 0.25) is 11.8 Å². The summed E-state index contributed by atoms with van der Waals surface area (Å²) < 4.78 is 0. The number of rotatable bonds is 7. The second-order valence-corrected chi connectivity index (χ2v) is 5.86. The number of ketones is 1. The molecule has 1 unspecified atom stereocenters. The standard InChI is InChI=1S/C13H21NO3S/c1-4-9(2)7-10(15)5-6-14-12(16)8-11(18-3)13(14)17/h9,11H,4-8H2,1-3H3/t9-,11?/m1/s1. The monoisotopic (exact) mass is 271 g/mol. The van der Waals surface area contributed by atoms with E-state index in [0.29, 0.717) is 18.8 Å². The maximum Gasteiger partial charge on any atom is 0.242 e. The first kappa shape index (κ1) is 15.2. The highest BCUT2D eigenvalue weighted by Crippen LogP contribution is 2.23. The summed E-state index contributed by atoms with van der Waals surface area (Å²) >= 11 is 1.40. The van der Waals surface area contributed by atoms with Gasteiger partial charge < -0.3 is 0 Å². The number of thioether (sulfide) groups is 1. The van der Waals surface area contributed by atoms with Gasteiger partial charge in [-0.2, -0.15) is 11.8 Å². The van der Waals surface area contributed by atoms with Gasteiger partial charge >= 0.3 is 0 Å². The molecule has 1 aliphatic heterocycles. The Morgan fingerprint density at radius 1 is 1.50 bits per heavy atom. The zero-order chi connectivity index (χ0) is 13.7. The van der Waals surface area contributed by atoms with Crippen LogP contribution in [0.3, 0.4) is 0 Å². The zero-order valence-corrected chi connectivity index (χ0v) is 12.1. The van der Waals surface area contributed by atoms with Crippen LogP contribution in [-0.4, -0.2) is 40.5 Å². The van der Waals surface area contributed by atoms with E-state index >= 15 is 0 Å². The van der Waals surface area contributed by atoms with Crippen LogP contribution in [0.1, 0.15) is 39.5 Å². The first-order valence-corrected chi connectivity index (χ1v) is 7.67. The molecule has 0 aromatic carbocycles. The molecule has 5 heteroatoms. The minimum atomic E-state index is -0.248. The molecular weight excluding hydrogens is 250 g/mol. The molecule has 0 radical (unpaired) electrons.